The van der Waals surface area contributed by atoms with Crippen LogP contribution in [0.25, 0.3) is 0 Å². The Morgan fingerprint density at radius 2 is 1.83 bits per heavy atom. The number of fused-ring (bicyclic) bond motifs is 1. The molecule has 11 heteroatoms. The van der Waals surface area contributed by atoms with Gasteiger partial charge >= 0.3 is 5.97 Å². The van der Waals surface area contributed by atoms with E-state index in [1.165, 1.54) is 11.9 Å². The van der Waals surface area contributed by atoms with Crippen molar-refractivity contribution >= 4 is 47.6 Å². The molecule has 3 rings (SSSR count). The number of anilines is 1. The number of Topliss-reactive ketones (excluding diaryl/α,β-unsaturated/α-hetero) is 1. The summed E-state index contributed by atoms with van der Waals surface area (Å²) in [5.41, 5.74) is 8.07. The van der Waals surface area contributed by atoms with Crippen molar-refractivity contribution in [3.8, 4) is 0 Å². The van der Waals surface area contributed by atoms with E-state index in [0.717, 1.165) is 10.5 Å². The topological polar surface area (TPSA) is 145 Å². The third kappa shape index (κ3) is 6.32. The van der Waals surface area contributed by atoms with E-state index in [2.05, 4.69) is 22.9 Å². The summed E-state index contributed by atoms with van der Waals surface area (Å²) in [5, 5.41) is 11.9. The minimum absolute atomic E-state index is 0.152. The van der Waals surface area contributed by atoms with E-state index in [-0.39, 0.29) is 18.1 Å². The number of nitrogens with one attached hydrogen (secondary N) is 1. The number of hydrogen-bond donors (Lipinski definition) is 4. The molecule has 0 fully saturated rings. The molecule has 0 radical (unpaired) electrons. The van der Waals surface area contributed by atoms with E-state index in [1.807, 2.05) is 30.3 Å². The number of ketones is 1. The minimum Gasteiger partial charge on any atom is -0.480 e. The van der Waals surface area contributed by atoms with Crippen molar-refractivity contribution in [2.45, 2.75) is 12.2 Å². The summed E-state index contributed by atoms with van der Waals surface area (Å²) >= 11 is 4.04. The summed E-state index contributed by atoms with van der Waals surface area (Å²) < 4.78 is 0. The molecule has 0 bridgehead atoms. The Morgan fingerprint density at radius 1 is 1.17 bits per heavy atom. The number of amides is 2. The molecule has 2 atom stereocenters. The molecule has 184 valence electrons. The largest absolute Gasteiger partial charge is 0.480 e. The molecule has 2 aromatic carbocycles. The molecule has 35 heavy (non-hydrogen) atoms. The third-order valence-electron chi connectivity index (χ3n) is 5.43. The van der Waals surface area contributed by atoms with Crippen molar-refractivity contribution in [2.75, 3.05) is 37.3 Å². The summed E-state index contributed by atoms with van der Waals surface area (Å²) in [6, 6.07) is 15.4. The second-order valence-corrected chi connectivity index (χ2v) is 8.33. The third-order valence-corrected chi connectivity index (χ3v) is 5.82. The summed E-state index contributed by atoms with van der Waals surface area (Å²) in [6.45, 7) is -1.13. The van der Waals surface area contributed by atoms with Crippen molar-refractivity contribution in [3.63, 3.8) is 0 Å². The van der Waals surface area contributed by atoms with Crippen LogP contribution in [0, 0.1) is 0 Å². The Bertz CT molecular complexity index is 1140. The minimum atomic E-state index is -1.19. The highest BCUT2D eigenvalue weighted by Gasteiger charge is 2.34. The normalized spacial score (nSPS) is 16.1. The van der Waals surface area contributed by atoms with E-state index < -0.39 is 43.1 Å². The van der Waals surface area contributed by atoms with Crippen molar-refractivity contribution in [1.29, 1.82) is 0 Å². The van der Waals surface area contributed by atoms with Gasteiger partial charge in [-0.2, -0.15) is 12.6 Å². The first kappa shape index (κ1) is 26.1. The molecular weight excluding hydrogens is 470 g/mol. The molecule has 2 aromatic rings. The lowest BCUT2D eigenvalue weighted by molar-refractivity contribution is -0.143. The first-order valence-corrected chi connectivity index (χ1v) is 11.5. The quantitative estimate of drug-likeness (QED) is 0.342. The van der Waals surface area contributed by atoms with Crippen LogP contribution in [0.15, 0.2) is 59.6 Å². The predicted molar refractivity (Wildman–Crippen MR) is 135 cm³/mol. The average molecular weight is 498 g/mol. The van der Waals surface area contributed by atoms with Crippen LogP contribution in [0.5, 0.6) is 0 Å². The Morgan fingerprint density at radius 3 is 2.49 bits per heavy atom. The van der Waals surface area contributed by atoms with Gasteiger partial charge in [-0.1, -0.05) is 48.5 Å². The Hall–Kier alpha value is -3.54. The maximum absolute atomic E-state index is 13.6. The number of likely N-dealkylation sites (N-methyl/N-ethyl adjacent to an activating group) is 1. The van der Waals surface area contributed by atoms with Gasteiger partial charge in [0, 0.05) is 23.9 Å². The van der Waals surface area contributed by atoms with Gasteiger partial charge in [0.1, 0.15) is 13.1 Å². The van der Waals surface area contributed by atoms with E-state index in [4.69, 9.17) is 10.8 Å². The summed E-state index contributed by atoms with van der Waals surface area (Å²) in [6.07, 6.45) is -1.19. The van der Waals surface area contributed by atoms with E-state index in [9.17, 15) is 19.2 Å². The van der Waals surface area contributed by atoms with E-state index >= 15 is 0 Å². The molecule has 0 saturated heterocycles. The molecular formula is C24H27N5O5S. The fourth-order valence-electron chi connectivity index (χ4n) is 3.53. The molecule has 2 unspecified atom stereocenters. The first-order chi connectivity index (χ1) is 16.7. The predicted octanol–water partition coefficient (Wildman–Crippen LogP) is 0.156. The second-order valence-electron chi connectivity index (χ2n) is 7.97. The van der Waals surface area contributed by atoms with Gasteiger partial charge in [0.25, 0.3) is 5.91 Å². The number of carbonyl (C=O) groups is 4. The number of aliphatic carboxylic acids is 1. The highest BCUT2D eigenvalue weighted by molar-refractivity contribution is 7.80. The zero-order chi connectivity index (χ0) is 25.5. The number of carbonyl (C=O) groups excluding carboxylic acids is 3. The molecule has 1 aliphatic heterocycles. The maximum atomic E-state index is 13.6. The average Bonchev–Trinajstić information content (AvgIpc) is 2.97. The molecule has 1 heterocycles. The molecule has 4 N–H and O–H groups in total. The van der Waals surface area contributed by atoms with Crippen LogP contribution in [0.3, 0.4) is 0 Å². The zero-order valence-corrected chi connectivity index (χ0v) is 20.0. The Balaban J connectivity index is 2.04. The highest BCUT2D eigenvalue weighted by Crippen LogP contribution is 2.28. The van der Waals surface area contributed by atoms with Crippen molar-refractivity contribution in [3.05, 3.63) is 65.7 Å². The summed E-state index contributed by atoms with van der Waals surface area (Å²) in [4.78, 5) is 56.7. The molecule has 0 aliphatic carbocycles. The number of benzodiazepines with no additional fused rings is 1. The number of rotatable bonds is 10. The molecule has 0 aromatic heterocycles. The summed E-state index contributed by atoms with van der Waals surface area (Å²) in [7, 11) is 1.35. The van der Waals surface area contributed by atoms with Gasteiger partial charge in [-0.25, -0.2) is 0 Å². The number of nitrogens with zero attached hydrogens (tertiary/aromatic N) is 3. The number of nitrogens with two attached hydrogens (primary N) is 1. The lowest BCUT2D eigenvalue weighted by atomic mass is 10.0. The summed E-state index contributed by atoms with van der Waals surface area (Å²) in [5.74, 6) is -2.48. The zero-order valence-electron chi connectivity index (χ0n) is 19.1. The lowest BCUT2D eigenvalue weighted by Gasteiger charge is -2.27. The first-order valence-electron chi connectivity index (χ1n) is 10.8. The highest BCUT2D eigenvalue weighted by atomic mass is 32.1. The van der Waals surface area contributed by atoms with Gasteiger partial charge in [0.05, 0.1) is 24.0 Å². The monoisotopic (exact) mass is 497 g/mol. The van der Waals surface area contributed by atoms with Gasteiger partial charge in [-0.3, -0.25) is 34.4 Å². The standard InChI is InChI=1S/C24H27N5O5S/c1-28(13-21(32)33)20(31)12-29-18-10-6-5-9-16(18)22(15-7-3-2-4-8-15)27-23(24(29)34)26-11-19(30)17(25)14-35/h2-10,17,23,26,35H,11-14,25H2,1H3,(H,32,33). The number of para-hydroxylation sites is 1. The fourth-order valence-corrected chi connectivity index (χ4v) is 3.73. The van der Waals surface area contributed by atoms with Crippen LogP contribution in [0.1, 0.15) is 11.1 Å². The fraction of sp³-hybridized carbons (Fsp3) is 0.292. The Kier molecular flexibility index (Phi) is 8.74. The SMILES string of the molecule is CN(CC(=O)O)C(=O)CN1C(=O)C(NCC(=O)C(N)CS)N=C(c2ccccc2)c2ccccc21. The lowest BCUT2D eigenvalue weighted by Crippen LogP contribution is -2.51. The van der Waals surface area contributed by atoms with Crippen molar-refractivity contribution < 1.29 is 24.3 Å². The van der Waals surface area contributed by atoms with E-state index in [1.54, 1.807) is 24.3 Å². The van der Waals surface area contributed by atoms with Crippen molar-refractivity contribution in [2.24, 2.45) is 10.7 Å². The van der Waals surface area contributed by atoms with Crippen LogP contribution in [-0.2, 0) is 19.2 Å². The number of aliphatic imine (C=N–C) groups is 1. The number of thiol groups is 1. The van der Waals surface area contributed by atoms with Crippen molar-refractivity contribution in [1.82, 2.24) is 10.2 Å². The number of benzene rings is 2. The van der Waals surface area contributed by atoms with Crippen LogP contribution in [0.4, 0.5) is 5.69 Å². The Labute approximate surface area is 208 Å². The van der Waals surface area contributed by atoms with Crippen LogP contribution < -0.4 is 16.0 Å². The second kappa shape index (κ2) is 11.7. The molecule has 0 spiro atoms. The molecule has 10 nitrogen and oxygen atoms in total. The van der Waals surface area contributed by atoms with Gasteiger partial charge in [0.15, 0.2) is 11.9 Å². The van der Waals surface area contributed by atoms with Crippen LogP contribution in [-0.4, -0.2) is 83.9 Å². The van der Waals surface area contributed by atoms with Crippen LogP contribution in [0.2, 0.25) is 0 Å². The molecule has 2 amide bonds. The van der Waals surface area contributed by atoms with Gasteiger partial charge in [-0.05, 0) is 6.07 Å². The van der Waals surface area contributed by atoms with Gasteiger partial charge < -0.3 is 15.7 Å². The maximum Gasteiger partial charge on any atom is 0.323 e. The van der Waals surface area contributed by atoms with Crippen LogP contribution >= 0.6 is 12.6 Å². The number of carboxylic acids is 1. The number of hydrogen-bond acceptors (Lipinski definition) is 8. The molecule has 0 saturated carbocycles. The molecule has 1 aliphatic rings. The van der Waals surface area contributed by atoms with Gasteiger partial charge in [-0.15, -0.1) is 0 Å². The van der Waals surface area contributed by atoms with Gasteiger partial charge in [0.2, 0.25) is 5.91 Å². The van der Waals surface area contributed by atoms with E-state index in [0.29, 0.717) is 17.0 Å². The number of carboxylic acid groups (broad SMARTS) is 1. The smallest absolute Gasteiger partial charge is 0.323 e.